The van der Waals surface area contributed by atoms with E-state index in [2.05, 4.69) is 41.8 Å². The van der Waals surface area contributed by atoms with Crippen LogP contribution in [0.25, 0.3) is 0 Å². The molecule has 120 valence electrons. The fourth-order valence-electron chi connectivity index (χ4n) is 4.00. The van der Waals surface area contributed by atoms with E-state index in [9.17, 15) is 0 Å². The zero-order chi connectivity index (χ0) is 15.1. The second kappa shape index (κ2) is 8.57. The normalized spacial score (nSPS) is 26.1. The molecule has 1 aromatic rings. The monoisotopic (exact) mass is 291 g/mol. The average Bonchev–Trinajstić information content (AvgIpc) is 2.94. The lowest BCUT2D eigenvalue weighted by molar-refractivity contribution is 0.165. The number of nitrogens with zero attached hydrogens (tertiary/aromatic N) is 2. The predicted octanol–water partition coefficient (Wildman–Crippen LogP) is 3.89. The molecule has 0 bridgehead atoms. The summed E-state index contributed by atoms with van der Waals surface area (Å²) in [6, 6.07) is 0. The molecule has 1 aromatic heterocycles. The summed E-state index contributed by atoms with van der Waals surface area (Å²) in [4.78, 5) is 4.61. The molecule has 1 aliphatic rings. The van der Waals surface area contributed by atoms with Crippen LogP contribution in [0.1, 0.15) is 58.7 Å². The Hall–Kier alpha value is -0.830. The number of nitrogens with one attached hydrogen (secondary N) is 1. The van der Waals surface area contributed by atoms with Crippen LogP contribution in [0.2, 0.25) is 0 Å². The lowest BCUT2D eigenvalue weighted by Gasteiger charge is -2.36. The summed E-state index contributed by atoms with van der Waals surface area (Å²) in [6.45, 7) is 10.1. The topological polar surface area (TPSA) is 29.9 Å². The Bertz CT molecular complexity index is 399. The number of hydrogen-bond acceptors (Lipinski definition) is 2. The number of rotatable bonds is 8. The van der Waals surface area contributed by atoms with E-state index in [-0.39, 0.29) is 0 Å². The minimum absolute atomic E-state index is 0.807. The van der Waals surface area contributed by atoms with Crippen LogP contribution in [0.15, 0.2) is 12.4 Å². The number of imidazole rings is 1. The minimum Gasteiger partial charge on any atom is -0.335 e. The van der Waals surface area contributed by atoms with E-state index in [1.807, 2.05) is 6.20 Å². The summed E-state index contributed by atoms with van der Waals surface area (Å²) in [6.07, 6.45) is 12.2. The predicted molar refractivity (Wildman–Crippen MR) is 89.4 cm³/mol. The third kappa shape index (κ3) is 4.57. The van der Waals surface area contributed by atoms with Gasteiger partial charge in [-0.15, -0.1) is 0 Å². The maximum Gasteiger partial charge on any atom is 0.108 e. The summed E-state index contributed by atoms with van der Waals surface area (Å²) >= 11 is 0. The average molecular weight is 291 g/mol. The van der Waals surface area contributed by atoms with E-state index in [4.69, 9.17) is 0 Å². The van der Waals surface area contributed by atoms with Crippen molar-refractivity contribution in [3.05, 3.63) is 18.2 Å². The van der Waals surface area contributed by atoms with Crippen LogP contribution in [-0.2, 0) is 13.0 Å². The second-order valence-electron chi connectivity index (χ2n) is 6.63. The lowest BCUT2D eigenvalue weighted by atomic mass is 9.71. The highest BCUT2D eigenvalue weighted by Crippen LogP contribution is 2.37. The molecule has 1 heterocycles. The van der Waals surface area contributed by atoms with Crippen molar-refractivity contribution < 1.29 is 0 Å². The van der Waals surface area contributed by atoms with Crippen molar-refractivity contribution in [2.24, 2.45) is 17.8 Å². The molecule has 1 N–H and O–H groups in total. The van der Waals surface area contributed by atoms with Gasteiger partial charge in [-0.25, -0.2) is 4.98 Å². The summed E-state index contributed by atoms with van der Waals surface area (Å²) < 4.78 is 2.31. The van der Waals surface area contributed by atoms with Gasteiger partial charge in [-0.3, -0.25) is 0 Å². The van der Waals surface area contributed by atoms with E-state index in [1.54, 1.807) is 0 Å². The first-order chi connectivity index (χ1) is 10.3. The van der Waals surface area contributed by atoms with Crippen molar-refractivity contribution in [3.8, 4) is 0 Å². The molecule has 0 radical (unpaired) electrons. The molecule has 3 unspecified atom stereocenters. The van der Waals surface area contributed by atoms with Crippen LogP contribution in [-0.4, -0.2) is 22.6 Å². The number of aromatic nitrogens is 2. The van der Waals surface area contributed by atoms with Gasteiger partial charge in [-0.1, -0.05) is 33.1 Å². The summed E-state index contributed by atoms with van der Waals surface area (Å²) in [7, 11) is 0. The number of hydrogen-bond donors (Lipinski definition) is 1. The van der Waals surface area contributed by atoms with Gasteiger partial charge in [0.2, 0.25) is 0 Å². The van der Waals surface area contributed by atoms with Crippen molar-refractivity contribution in [1.82, 2.24) is 14.9 Å². The Morgan fingerprint density at radius 3 is 2.81 bits per heavy atom. The van der Waals surface area contributed by atoms with Crippen LogP contribution in [0, 0.1) is 17.8 Å². The molecular weight excluding hydrogens is 258 g/mol. The Labute approximate surface area is 130 Å². The Morgan fingerprint density at radius 2 is 2.10 bits per heavy atom. The number of aryl methyl sites for hydroxylation is 1. The molecule has 0 spiro atoms. The van der Waals surface area contributed by atoms with Crippen molar-refractivity contribution in [2.45, 2.75) is 65.8 Å². The van der Waals surface area contributed by atoms with Gasteiger partial charge >= 0.3 is 0 Å². The third-order valence-electron chi connectivity index (χ3n) is 5.19. The van der Waals surface area contributed by atoms with Gasteiger partial charge in [0.15, 0.2) is 0 Å². The highest BCUT2D eigenvalue weighted by molar-refractivity contribution is 4.96. The zero-order valence-electron chi connectivity index (χ0n) is 14.1. The quantitative estimate of drug-likeness (QED) is 0.787. The molecule has 0 saturated heterocycles. The van der Waals surface area contributed by atoms with Crippen molar-refractivity contribution in [2.75, 3.05) is 13.1 Å². The van der Waals surface area contributed by atoms with Crippen LogP contribution in [0.4, 0.5) is 0 Å². The smallest absolute Gasteiger partial charge is 0.108 e. The maximum absolute atomic E-state index is 4.61. The molecule has 1 aliphatic carbocycles. The second-order valence-corrected chi connectivity index (χ2v) is 6.63. The molecular formula is C18H33N3. The van der Waals surface area contributed by atoms with Gasteiger partial charge in [-0.2, -0.15) is 0 Å². The van der Waals surface area contributed by atoms with E-state index < -0.39 is 0 Å². The lowest BCUT2D eigenvalue weighted by Crippen LogP contribution is -2.34. The molecule has 3 nitrogen and oxygen atoms in total. The van der Waals surface area contributed by atoms with E-state index in [0.29, 0.717) is 0 Å². The zero-order valence-corrected chi connectivity index (χ0v) is 14.1. The Kier molecular flexibility index (Phi) is 6.75. The van der Waals surface area contributed by atoms with Crippen LogP contribution >= 0.6 is 0 Å². The molecule has 0 amide bonds. The fourth-order valence-corrected chi connectivity index (χ4v) is 4.00. The summed E-state index contributed by atoms with van der Waals surface area (Å²) in [5, 5.41) is 3.58. The maximum atomic E-state index is 4.61. The Balaban J connectivity index is 2.01. The minimum atomic E-state index is 0.807. The molecule has 0 aromatic carbocycles. The first-order valence-corrected chi connectivity index (χ1v) is 8.99. The standard InChI is InChI=1S/C18H33N3/c1-4-7-15-8-9-16(14-19-5-2)17(12-15)13-18-20-10-11-21(18)6-3/h10-11,15-17,19H,4-9,12-14H2,1-3H3. The van der Waals surface area contributed by atoms with Gasteiger partial charge in [0.1, 0.15) is 5.82 Å². The van der Waals surface area contributed by atoms with Gasteiger partial charge in [-0.05, 0) is 50.6 Å². The molecule has 2 rings (SSSR count). The van der Waals surface area contributed by atoms with Crippen LogP contribution in [0.5, 0.6) is 0 Å². The van der Waals surface area contributed by atoms with E-state index in [0.717, 1.165) is 37.3 Å². The Morgan fingerprint density at radius 1 is 1.24 bits per heavy atom. The molecule has 1 fully saturated rings. The van der Waals surface area contributed by atoms with E-state index in [1.165, 1.54) is 44.5 Å². The van der Waals surface area contributed by atoms with Crippen LogP contribution in [0.3, 0.4) is 0 Å². The SMILES string of the molecule is CCCC1CCC(CNCC)C(Cc2nccn2CC)C1. The van der Waals surface area contributed by atoms with Gasteiger partial charge in [0, 0.05) is 25.4 Å². The highest BCUT2D eigenvalue weighted by Gasteiger charge is 2.30. The van der Waals surface area contributed by atoms with E-state index >= 15 is 0 Å². The van der Waals surface area contributed by atoms with Gasteiger partial charge in [0.05, 0.1) is 0 Å². The first kappa shape index (κ1) is 16.5. The largest absolute Gasteiger partial charge is 0.335 e. The van der Waals surface area contributed by atoms with Gasteiger partial charge in [0.25, 0.3) is 0 Å². The van der Waals surface area contributed by atoms with Crippen LogP contribution < -0.4 is 5.32 Å². The summed E-state index contributed by atoms with van der Waals surface area (Å²) in [5.74, 6) is 3.88. The first-order valence-electron chi connectivity index (χ1n) is 8.99. The molecule has 1 saturated carbocycles. The summed E-state index contributed by atoms with van der Waals surface area (Å²) in [5.41, 5.74) is 0. The highest BCUT2D eigenvalue weighted by atomic mass is 15.1. The van der Waals surface area contributed by atoms with Gasteiger partial charge < -0.3 is 9.88 Å². The fraction of sp³-hybridized carbons (Fsp3) is 0.833. The van der Waals surface area contributed by atoms with Crippen molar-refractivity contribution in [1.29, 1.82) is 0 Å². The molecule has 0 aliphatic heterocycles. The third-order valence-corrected chi connectivity index (χ3v) is 5.19. The molecule has 3 heteroatoms. The molecule has 3 atom stereocenters. The van der Waals surface area contributed by atoms with Crippen molar-refractivity contribution in [3.63, 3.8) is 0 Å². The van der Waals surface area contributed by atoms with Crippen molar-refractivity contribution >= 4 is 0 Å². The molecule has 21 heavy (non-hydrogen) atoms.